The van der Waals surface area contributed by atoms with Crippen LogP contribution in [0.15, 0.2) is 38.4 Å². The molecular weight excluding hydrogens is 420 g/mol. The lowest BCUT2D eigenvalue weighted by molar-refractivity contribution is -0.149. The van der Waals surface area contributed by atoms with Gasteiger partial charge in [-0.25, -0.2) is 4.98 Å². The van der Waals surface area contributed by atoms with E-state index >= 15 is 0 Å². The zero-order valence-corrected chi connectivity index (χ0v) is 18.7. The van der Waals surface area contributed by atoms with Gasteiger partial charge in [0.2, 0.25) is 0 Å². The number of nitrogens with zero attached hydrogens (tertiary/aromatic N) is 2. The van der Waals surface area contributed by atoms with Crippen molar-refractivity contribution in [2.24, 2.45) is 5.92 Å². The lowest BCUT2D eigenvalue weighted by Gasteiger charge is -2.30. The minimum atomic E-state index is -0.163. The zero-order chi connectivity index (χ0) is 21.1. The number of esters is 1. The molecule has 0 N–H and O–H groups in total. The van der Waals surface area contributed by atoms with E-state index in [0.29, 0.717) is 49.6 Å². The van der Waals surface area contributed by atoms with E-state index in [2.05, 4.69) is 4.98 Å². The molecule has 0 atom stereocenters. The highest BCUT2D eigenvalue weighted by Gasteiger charge is 2.31. The predicted molar refractivity (Wildman–Crippen MR) is 118 cm³/mol. The first kappa shape index (κ1) is 20.9. The third-order valence-corrected chi connectivity index (χ3v) is 7.40. The summed E-state index contributed by atoms with van der Waals surface area (Å²) in [6.45, 7) is 5.22. The molecule has 1 aliphatic heterocycles. The summed E-state index contributed by atoms with van der Waals surface area (Å²) in [4.78, 5) is 31.6. The Morgan fingerprint density at radius 1 is 1.30 bits per heavy atom. The maximum absolute atomic E-state index is 13.3. The summed E-state index contributed by atoms with van der Waals surface area (Å²) in [5, 5.41) is 2.98. The molecule has 1 saturated heterocycles. The number of aromatic nitrogens is 1. The Labute approximate surface area is 183 Å². The molecule has 1 aromatic carbocycles. The van der Waals surface area contributed by atoms with Gasteiger partial charge in [0.1, 0.15) is 9.92 Å². The molecule has 0 unspecified atom stereocenters. The fourth-order valence-electron chi connectivity index (χ4n) is 3.67. The summed E-state index contributed by atoms with van der Waals surface area (Å²) < 4.78 is 12.1. The van der Waals surface area contributed by atoms with Crippen molar-refractivity contribution in [1.82, 2.24) is 9.88 Å². The number of hydrogen-bond acceptors (Lipinski definition) is 7. The van der Waals surface area contributed by atoms with Crippen LogP contribution in [-0.2, 0) is 15.3 Å². The number of para-hydroxylation sites is 1. The number of aryl methyl sites for hydroxylation is 1. The first-order chi connectivity index (χ1) is 14.6. The quantitative estimate of drug-likeness (QED) is 0.398. The van der Waals surface area contributed by atoms with Crippen molar-refractivity contribution in [1.29, 1.82) is 0 Å². The minimum absolute atomic E-state index is 0.112. The second-order valence-corrected chi connectivity index (χ2v) is 9.35. The monoisotopic (exact) mass is 444 g/mol. The van der Waals surface area contributed by atoms with Crippen molar-refractivity contribution in [3.05, 3.63) is 46.7 Å². The predicted octanol–water partition coefficient (Wildman–Crippen LogP) is 4.91. The topological polar surface area (TPSA) is 72.6 Å². The van der Waals surface area contributed by atoms with Crippen LogP contribution >= 0.6 is 23.1 Å². The van der Waals surface area contributed by atoms with Gasteiger partial charge in [0, 0.05) is 40.9 Å². The largest absolute Gasteiger partial charge is 0.466 e. The van der Waals surface area contributed by atoms with Gasteiger partial charge >= 0.3 is 5.97 Å². The summed E-state index contributed by atoms with van der Waals surface area (Å²) in [6.07, 6.45) is 1.24. The molecule has 30 heavy (non-hydrogen) atoms. The second kappa shape index (κ2) is 9.22. The number of likely N-dealkylation sites (tertiary alicyclic amines) is 1. The standard InChI is InChI=1S/C22H24N2O4S2/c1-3-27-21(26)15-8-10-24(11-9-15)20(25)19-17(13-30-22-23-14(2)12-29-22)16-6-4-5-7-18(16)28-19/h4-7,12,15H,3,8-11,13H2,1-2H3. The van der Waals surface area contributed by atoms with Crippen molar-refractivity contribution < 1.29 is 18.7 Å². The fraction of sp³-hybridized carbons (Fsp3) is 0.409. The minimum Gasteiger partial charge on any atom is -0.466 e. The van der Waals surface area contributed by atoms with Crippen LogP contribution in [0.1, 0.15) is 41.6 Å². The Morgan fingerprint density at radius 2 is 2.07 bits per heavy atom. The van der Waals surface area contributed by atoms with E-state index in [1.54, 1.807) is 28.0 Å². The van der Waals surface area contributed by atoms with Crippen molar-refractivity contribution in [3.8, 4) is 0 Å². The van der Waals surface area contributed by atoms with E-state index in [9.17, 15) is 9.59 Å². The highest BCUT2D eigenvalue weighted by Crippen LogP contribution is 2.34. The van der Waals surface area contributed by atoms with Crippen LogP contribution in [0.5, 0.6) is 0 Å². The highest BCUT2D eigenvalue weighted by molar-refractivity contribution is 8.00. The number of carbonyl (C=O) groups excluding carboxylic acids is 2. The van der Waals surface area contributed by atoms with Crippen LogP contribution in [0.4, 0.5) is 0 Å². The van der Waals surface area contributed by atoms with Gasteiger partial charge in [-0.3, -0.25) is 9.59 Å². The summed E-state index contributed by atoms with van der Waals surface area (Å²) in [7, 11) is 0. The van der Waals surface area contributed by atoms with Crippen LogP contribution in [0.2, 0.25) is 0 Å². The molecule has 1 fully saturated rings. The van der Waals surface area contributed by atoms with Crippen molar-refractivity contribution in [3.63, 3.8) is 0 Å². The number of hydrogen-bond donors (Lipinski definition) is 0. The lowest BCUT2D eigenvalue weighted by Crippen LogP contribution is -2.40. The molecule has 0 spiro atoms. The summed E-state index contributed by atoms with van der Waals surface area (Å²) >= 11 is 3.23. The summed E-state index contributed by atoms with van der Waals surface area (Å²) in [5.41, 5.74) is 2.62. The van der Waals surface area contributed by atoms with E-state index in [-0.39, 0.29) is 17.8 Å². The Morgan fingerprint density at radius 3 is 2.77 bits per heavy atom. The molecule has 3 aromatic rings. The van der Waals surface area contributed by atoms with Crippen molar-refractivity contribution in [2.75, 3.05) is 19.7 Å². The van der Waals surface area contributed by atoms with Crippen LogP contribution in [-0.4, -0.2) is 41.5 Å². The van der Waals surface area contributed by atoms with E-state index in [1.165, 1.54) is 0 Å². The molecule has 3 heterocycles. The molecular formula is C22H24N2O4S2. The molecule has 1 amide bonds. The normalized spacial score (nSPS) is 14.9. The average molecular weight is 445 g/mol. The molecule has 2 aromatic heterocycles. The summed E-state index contributed by atoms with van der Waals surface area (Å²) in [5.74, 6) is 0.604. The lowest BCUT2D eigenvalue weighted by atomic mass is 9.96. The van der Waals surface area contributed by atoms with Gasteiger partial charge in [-0.15, -0.1) is 11.3 Å². The van der Waals surface area contributed by atoms with Gasteiger partial charge in [0.05, 0.1) is 12.5 Å². The number of rotatable bonds is 6. The van der Waals surface area contributed by atoms with Crippen LogP contribution in [0.25, 0.3) is 11.0 Å². The van der Waals surface area contributed by atoms with Gasteiger partial charge in [-0.1, -0.05) is 30.0 Å². The molecule has 6 nitrogen and oxygen atoms in total. The van der Waals surface area contributed by atoms with Gasteiger partial charge in [-0.05, 0) is 32.8 Å². The third kappa shape index (κ3) is 4.39. The number of amides is 1. The zero-order valence-electron chi connectivity index (χ0n) is 17.1. The average Bonchev–Trinajstić information content (AvgIpc) is 3.35. The Bertz CT molecular complexity index is 1050. The molecule has 0 aliphatic carbocycles. The second-order valence-electron chi connectivity index (χ2n) is 7.27. The fourth-order valence-corrected chi connectivity index (χ4v) is 5.55. The Kier molecular flexibility index (Phi) is 6.43. The van der Waals surface area contributed by atoms with E-state index < -0.39 is 0 Å². The van der Waals surface area contributed by atoms with Gasteiger partial charge < -0.3 is 14.1 Å². The van der Waals surface area contributed by atoms with Crippen LogP contribution in [0.3, 0.4) is 0 Å². The number of furan rings is 1. The van der Waals surface area contributed by atoms with Gasteiger partial charge in [0.25, 0.3) is 5.91 Å². The first-order valence-electron chi connectivity index (χ1n) is 10.1. The Hall–Kier alpha value is -2.32. The highest BCUT2D eigenvalue weighted by atomic mass is 32.2. The van der Waals surface area contributed by atoms with E-state index in [4.69, 9.17) is 9.15 Å². The van der Waals surface area contributed by atoms with Gasteiger partial charge in [-0.2, -0.15) is 0 Å². The number of carbonyl (C=O) groups is 2. The molecule has 4 rings (SSSR count). The molecule has 1 aliphatic rings. The molecule has 8 heteroatoms. The van der Waals surface area contributed by atoms with E-state index in [0.717, 1.165) is 21.0 Å². The summed E-state index contributed by atoms with van der Waals surface area (Å²) in [6, 6.07) is 7.75. The maximum atomic E-state index is 13.3. The number of thioether (sulfide) groups is 1. The third-order valence-electron chi connectivity index (χ3n) is 5.23. The van der Waals surface area contributed by atoms with Crippen molar-refractivity contribution in [2.45, 2.75) is 36.8 Å². The number of thiazole rings is 1. The van der Waals surface area contributed by atoms with Gasteiger partial charge in [0.15, 0.2) is 5.76 Å². The van der Waals surface area contributed by atoms with Crippen molar-refractivity contribution >= 4 is 45.9 Å². The van der Waals surface area contributed by atoms with E-state index in [1.807, 2.05) is 43.5 Å². The number of benzene rings is 1. The first-order valence-corrected chi connectivity index (χ1v) is 11.9. The van der Waals surface area contributed by atoms with Crippen LogP contribution in [0, 0.1) is 12.8 Å². The SMILES string of the molecule is CCOC(=O)C1CCN(C(=O)c2oc3ccccc3c2CSc2nc(C)cs2)CC1. The smallest absolute Gasteiger partial charge is 0.309 e. The molecule has 0 radical (unpaired) electrons. The molecule has 158 valence electrons. The Balaban J connectivity index is 1.53. The number of ether oxygens (including phenoxy) is 1. The molecule has 0 bridgehead atoms. The number of fused-ring (bicyclic) bond motifs is 1. The number of piperidine rings is 1. The van der Waals surface area contributed by atoms with Crippen LogP contribution < -0.4 is 0 Å². The maximum Gasteiger partial charge on any atom is 0.309 e. The molecule has 0 saturated carbocycles.